The third kappa shape index (κ3) is 1.66. The highest BCUT2D eigenvalue weighted by Gasteiger charge is 2.38. The van der Waals surface area contributed by atoms with Crippen LogP contribution in [-0.2, 0) is 13.0 Å². The van der Waals surface area contributed by atoms with Crippen LogP contribution >= 0.6 is 11.6 Å². The summed E-state index contributed by atoms with van der Waals surface area (Å²) < 4.78 is 4.45. The molecule has 1 aliphatic rings. The van der Waals surface area contributed by atoms with E-state index >= 15 is 0 Å². The average Bonchev–Trinajstić information content (AvgIpc) is 2.82. The Labute approximate surface area is 112 Å². The summed E-state index contributed by atoms with van der Waals surface area (Å²) in [7, 11) is 0. The lowest BCUT2D eigenvalue weighted by Gasteiger charge is -2.08. The normalized spacial score (nSPS) is 22.9. The van der Waals surface area contributed by atoms with Crippen molar-refractivity contribution in [3.8, 4) is 0 Å². The maximum atomic E-state index is 5.90. The van der Waals surface area contributed by atoms with E-state index in [0.29, 0.717) is 11.9 Å². The zero-order valence-electron chi connectivity index (χ0n) is 11.1. The second-order valence-corrected chi connectivity index (χ2v) is 5.57. The van der Waals surface area contributed by atoms with Crippen molar-refractivity contribution in [1.29, 1.82) is 0 Å². The molecule has 3 rings (SSSR count). The Morgan fingerprint density at radius 2 is 2.17 bits per heavy atom. The molecule has 2 heterocycles. The number of imidazole rings is 1. The molecule has 2 atom stereocenters. The van der Waals surface area contributed by atoms with Crippen LogP contribution in [0.1, 0.15) is 37.8 Å². The summed E-state index contributed by atoms with van der Waals surface area (Å²) in [5.74, 6) is 2.49. The average molecular weight is 267 g/mol. The van der Waals surface area contributed by atoms with Crippen molar-refractivity contribution in [2.24, 2.45) is 5.92 Å². The van der Waals surface area contributed by atoms with Crippen LogP contribution in [-0.4, -0.2) is 25.2 Å². The monoisotopic (exact) mass is 266 g/mol. The largest absolute Gasteiger partial charge is 0.309 e. The van der Waals surface area contributed by atoms with E-state index in [2.05, 4.69) is 28.2 Å². The second-order valence-electron chi connectivity index (χ2n) is 5.19. The number of hydrogen-bond donors (Lipinski definition) is 0. The maximum absolute atomic E-state index is 5.90. The topological polar surface area (TPSA) is 35.6 Å². The Kier molecular flexibility index (Phi) is 2.85. The molecule has 5 heteroatoms. The molecule has 0 bridgehead atoms. The van der Waals surface area contributed by atoms with Gasteiger partial charge in [0, 0.05) is 24.9 Å². The Bertz CT molecular complexity index is 583. The number of nitrogens with zero attached hydrogens (tertiary/aromatic N) is 4. The Balaban J connectivity index is 2.22. The van der Waals surface area contributed by atoms with Crippen LogP contribution in [0.3, 0.4) is 0 Å². The second kappa shape index (κ2) is 4.26. The van der Waals surface area contributed by atoms with E-state index in [1.807, 2.05) is 6.92 Å². The fourth-order valence-electron chi connectivity index (χ4n) is 2.73. The van der Waals surface area contributed by atoms with Crippen LogP contribution in [0.25, 0.3) is 11.2 Å². The zero-order chi connectivity index (χ0) is 12.9. The standard InChI is InChI=1S/C13H19ClN4/c1-4-17-13-12(9(3)16-17)15-11(5-6-14)18(13)10-7-8(10)2/h8,10H,4-7H2,1-3H3. The Morgan fingerprint density at radius 3 is 2.72 bits per heavy atom. The molecule has 2 aromatic rings. The predicted molar refractivity (Wildman–Crippen MR) is 73.2 cm³/mol. The van der Waals surface area contributed by atoms with Crippen LogP contribution < -0.4 is 0 Å². The van der Waals surface area contributed by atoms with E-state index in [9.17, 15) is 0 Å². The molecule has 0 spiro atoms. The molecule has 98 valence electrons. The number of hydrogen-bond acceptors (Lipinski definition) is 2. The van der Waals surface area contributed by atoms with Gasteiger partial charge in [-0.3, -0.25) is 0 Å². The number of aryl methyl sites for hydroxylation is 3. The van der Waals surface area contributed by atoms with Gasteiger partial charge in [0.1, 0.15) is 11.3 Å². The first-order valence-electron chi connectivity index (χ1n) is 6.67. The minimum absolute atomic E-state index is 0.592. The summed E-state index contributed by atoms with van der Waals surface area (Å²) in [4.78, 5) is 4.76. The molecule has 0 radical (unpaired) electrons. The van der Waals surface area contributed by atoms with Gasteiger partial charge in [0.05, 0.1) is 5.69 Å². The van der Waals surface area contributed by atoms with Crippen molar-refractivity contribution in [2.45, 2.75) is 46.2 Å². The summed E-state index contributed by atoms with van der Waals surface area (Å²) in [6.45, 7) is 7.34. The first-order valence-corrected chi connectivity index (χ1v) is 7.21. The molecule has 1 saturated carbocycles. The lowest BCUT2D eigenvalue weighted by atomic mass is 10.4. The highest BCUT2D eigenvalue weighted by atomic mass is 35.5. The summed E-state index contributed by atoms with van der Waals surface area (Å²) >= 11 is 5.90. The third-order valence-corrected chi connectivity index (χ3v) is 4.02. The van der Waals surface area contributed by atoms with Crippen LogP contribution in [0.4, 0.5) is 0 Å². The molecular weight excluding hydrogens is 248 g/mol. The minimum atomic E-state index is 0.592. The highest BCUT2D eigenvalue weighted by molar-refractivity contribution is 6.17. The molecule has 0 N–H and O–H groups in total. The molecule has 0 saturated heterocycles. The van der Waals surface area contributed by atoms with E-state index in [4.69, 9.17) is 16.6 Å². The van der Waals surface area contributed by atoms with Crippen LogP contribution in [0, 0.1) is 12.8 Å². The van der Waals surface area contributed by atoms with Gasteiger partial charge >= 0.3 is 0 Å². The van der Waals surface area contributed by atoms with E-state index in [1.54, 1.807) is 0 Å². The first-order chi connectivity index (χ1) is 8.67. The highest BCUT2D eigenvalue weighted by Crippen LogP contribution is 2.45. The molecule has 1 fully saturated rings. The van der Waals surface area contributed by atoms with Gasteiger partial charge in [-0.2, -0.15) is 5.10 Å². The van der Waals surface area contributed by atoms with Crippen molar-refractivity contribution in [3.05, 3.63) is 11.5 Å². The van der Waals surface area contributed by atoms with Gasteiger partial charge in [-0.25, -0.2) is 9.67 Å². The molecule has 4 nitrogen and oxygen atoms in total. The van der Waals surface area contributed by atoms with Gasteiger partial charge in [0.15, 0.2) is 5.65 Å². The summed E-state index contributed by atoms with van der Waals surface area (Å²) in [6, 6.07) is 0.592. The molecule has 2 unspecified atom stereocenters. The van der Waals surface area contributed by atoms with Crippen molar-refractivity contribution in [3.63, 3.8) is 0 Å². The number of halogens is 1. The fraction of sp³-hybridized carbons (Fsp3) is 0.692. The SMILES string of the molecule is CCn1nc(C)c2nc(CCCl)n(C3CC3C)c21. The predicted octanol–water partition coefficient (Wildman–Crippen LogP) is 2.92. The Morgan fingerprint density at radius 1 is 1.44 bits per heavy atom. The quantitative estimate of drug-likeness (QED) is 0.798. The lowest BCUT2D eigenvalue weighted by Crippen LogP contribution is -2.08. The molecule has 18 heavy (non-hydrogen) atoms. The Hall–Kier alpha value is -1.03. The molecule has 0 aromatic carbocycles. The molecule has 0 aliphatic heterocycles. The molecule has 0 amide bonds. The molecule has 2 aromatic heterocycles. The minimum Gasteiger partial charge on any atom is -0.309 e. The van der Waals surface area contributed by atoms with Crippen LogP contribution in [0.15, 0.2) is 0 Å². The van der Waals surface area contributed by atoms with Crippen molar-refractivity contribution in [2.75, 3.05) is 5.88 Å². The fourth-order valence-corrected chi connectivity index (χ4v) is 2.90. The summed E-state index contributed by atoms with van der Waals surface area (Å²) in [5.41, 5.74) is 3.26. The number of fused-ring (bicyclic) bond motifs is 1. The van der Waals surface area contributed by atoms with Gasteiger partial charge in [0.2, 0.25) is 0 Å². The van der Waals surface area contributed by atoms with Crippen LogP contribution in [0.5, 0.6) is 0 Å². The summed E-state index contributed by atoms with van der Waals surface area (Å²) in [6.07, 6.45) is 2.08. The van der Waals surface area contributed by atoms with Gasteiger partial charge < -0.3 is 4.57 Å². The van der Waals surface area contributed by atoms with Crippen molar-refractivity contribution >= 4 is 22.8 Å². The molecular formula is C13H19ClN4. The zero-order valence-corrected chi connectivity index (χ0v) is 11.9. The molecule has 1 aliphatic carbocycles. The van der Waals surface area contributed by atoms with Crippen molar-refractivity contribution < 1.29 is 0 Å². The van der Waals surface area contributed by atoms with Gasteiger partial charge in [-0.05, 0) is 26.2 Å². The van der Waals surface area contributed by atoms with Gasteiger partial charge in [-0.1, -0.05) is 6.92 Å². The van der Waals surface area contributed by atoms with Gasteiger partial charge in [0.25, 0.3) is 0 Å². The lowest BCUT2D eigenvalue weighted by molar-refractivity contribution is 0.605. The smallest absolute Gasteiger partial charge is 0.159 e. The van der Waals surface area contributed by atoms with Crippen LogP contribution in [0.2, 0.25) is 0 Å². The van der Waals surface area contributed by atoms with Gasteiger partial charge in [-0.15, -0.1) is 11.6 Å². The number of alkyl halides is 1. The first kappa shape index (κ1) is 12.0. The van der Waals surface area contributed by atoms with E-state index in [-0.39, 0.29) is 0 Å². The number of rotatable bonds is 4. The van der Waals surface area contributed by atoms with E-state index in [0.717, 1.165) is 35.9 Å². The third-order valence-electron chi connectivity index (χ3n) is 3.83. The van der Waals surface area contributed by atoms with E-state index in [1.165, 1.54) is 12.1 Å². The van der Waals surface area contributed by atoms with Crippen molar-refractivity contribution in [1.82, 2.24) is 19.3 Å². The van der Waals surface area contributed by atoms with E-state index < -0.39 is 0 Å². The maximum Gasteiger partial charge on any atom is 0.159 e. The summed E-state index contributed by atoms with van der Waals surface area (Å²) in [5, 5.41) is 4.57. The number of aromatic nitrogens is 4.